The Kier molecular flexibility index (Phi) is 3.35. The van der Waals surface area contributed by atoms with E-state index in [1.54, 1.807) is 4.57 Å². The number of nitrogens with zero attached hydrogens (tertiary/aromatic N) is 2. The predicted octanol–water partition coefficient (Wildman–Crippen LogP) is 4.28. The van der Waals surface area contributed by atoms with Gasteiger partial charge in [0.2, 0.25) is 0 Å². The maximum atomic E-state index is 12.8. The molecule has 0 radical (unpaired) electrons. The van der Waals surface area contributed by atoms with Gasteiger partial charge in [-0.25, -0.2) is 0 Å². The first-order valence-electron chi connectivity index (χ1n) is 7.99. The molecule has 0 fully saturated rings. The van der Waals surface area contributed by atoms with Crippen molar-refractivity contribution in [1.82, 2.24) is 8.97 Å². The van der Waals surface area contributed by atoms with E-state index in [9.17, 15) is 4.79 Å². The Balaban J connectivity index is 2.17. The fraction of sp³-hybridized carbons (Fsp3) is 0.0952. The second-order valence-electron chi connectivity index (χ2n) is 6.06. The molecule has 24 heavy (non-hydrogen) atoms. The smallest absolute Gasteiger partial charge is 0.275 e. The quantitative estimate of drug-likeness (QED) is 0.542. The van der Waals surface area contributed by atoms with Crippen LogP contribution in [0.2, 0.25) is 0 Å². The number of aromatic nitrogens is 2. The molecule has 3 nitrogen and oxygen atoms in total. The van der Waals surface area contributed by atoms with Gasteiger partial charge in [0.15, 0.2) is 0 Å². The fourth-order valence-electron chi connectivity index (χ4n) is 3.21. The minimum Gasteiger partial charge on any atom is -0.310 e. The second-order valence-corrected chi connectivity index (χ2v) is 6.06. The molecule has 0 aliphatic rings. The Labute approximate surface area is 140 Å². The highest BCUT2D eigenvalue weighted by Gasteiger charge is 2.17. The molecule has 2 heterocycles. The van der Waals surface area contributed by atoms with Crippen molar-refractivity contribution in [2.24, 2.45) is 7.05 Å². The Hall–Kier alpha value is -3.07. The zero-order valence-electron chi connectivity index (χ0n) is 13.7. The van der Waals surface area contributed by atoms with Gasteiger partial charge in [0.05, 0.1) is 11.4 Å². The van der Waals surface area contributed by atoms with Gasteiger partial charge in [0.1, 0.15) is 5.52 Å². The van der Waals surface area contributed by atoms with Crippen molar-refractivity contribution >= 4 is 5.52 Å². The van der Waals surface area contributed by atoms with Crippen molar-refractivity contribution in [3.8, 4) is 22.5 Å². The lowest BCUT2D eigenvalue weighted by molar-refractivity contribution is 0.861. The van der Waals surface area contributed by atoms with Crippen LogP contribution in [0.15, 0.2) is 77.7 Å². The Morgan fingerprint density at radius 1 is 0.750 bits per heavy atom. The number of rotatable bonds is 2. The molecule has 0 amide bonds. The first kappa shape index (κ1) is 14.5. The van der Waals surface area contributed by atoms with E-state index in [0.29, 0.717) is 5.52 Å². The van der Waals surface area contributed by atoms with Crippen LogP contribution in [0.1, 0.15) is 5.56 Å². The summed E-state index contributed by atoms with van der Waals surface area (Å²) in [5.74, 6) is 0. The summed E-state index contributed by atoms with van der Waals surface area (Å²) in [6.45, 7) is 2.07. The van der Waals surface area contributed by atoms with Crippen LogP contribution in [0.5, 0.6) is 0 Å². The van der Waals surface area contributed by atoms with Crippen molar-refractivity contribution in [3.05, 3.63) is 88.8 Å². The number of fused-ring (bicyclic) bond motifs is 1. The summed E-state index contributed by atoms with van der Waals surface area (Å²) >= 11 is 0. The van der Waals surface area contributed by atoms with Crippen molar-refractivity contribution in [2.45, 2.75) is 6.92 Å². The maximum absolute atomic E-state index is 12.8. The van der Waals surface area contributed by atoms with Crippen LogP contribution in [-0.4, -0.2) is 8.97 Å². The summed E-state index contributed by atoms with van der Waals surface area (Å²) < 4.78 is 3.75. The van der Waals surface area contributed by atoms with Crippen LogP contribution in [0.25, 0.3) is 28.0 Å². The fourth-order valence-corrected chi connectivity index (χ4v) is 3.21. The molecular weight excluding hydrogens is 296 g/mol. The molecule has 3 heteroatoms. The molecule has 0 aliphatic heterocycles. The molecule has 0 saturated heterocycles. The van der Waals surface area contributed by atoms with E-state index >= 15 is 0 Å². The van der Waals surface area contributed by atoms with E-state index in [0.717, 1.165) is 22.5 Å². The second kappa shape index (κ2) is 5.53. The van der Waals surface area contributed by atoms with Gasteiger partial charge in [-0.3, -0.25) is 4.79 Å². The summed E-state index contributed by atoms with van der Waals surface area (Å²) in [5, 5.41) is 0. The number of hydrogen-bond donors (Lipinski definition) is 0. The summed E-state index contributed by atoms with van der Waals surface area (Å²) in [6, 6.07) is 22.3. The van der Waals surface area contributed by atoms with Crippen molar-refractivity contribution < 1.29 is 0 Å². The van der Waals surface area contributed by atoms with E-state index in [2.05, 4.69) is 43.3 Å². The van der Waals surface area contributed by atoms with Gasteiger partial charge in [0, 0.05) is 24.4 Å². The molecule has 0 atom stereocenters. The molecule has 0 aliphatic carbocycles. The zero-order valence-corrected chi connectivity index (χ0v) is 13.7. The van der Waals surface area contributed by atoms with Gasteiger partial charge >= 0.3 is 0 Å². The highest BCUT2D eigenvalue weighted by atomic mass is 16.1. The summed E-state index contributed by atoms with van der Waals surface area (Å²) in [7, 11) is 1.84. The molecule has 2 aromatic heterocycles. The lowest BCUT2D eigenvalue weighted by atomic mass is 10.0. The normalized spacial score (nSPS) is 11.1. The van der Waals surface area contributed by atoms with Gasteiger partial charge in [-0.1, -0.05) is 60.2 Å². The largest absolute Gasteiger partial charge is 0.310 e. The number of aryl methyl sites for hydroxylation is 1. The standard InChI is InChI=1S/C21H18N2O/c1-15-10-12-17(13-11-15)19-20(16-7-4-3-5-8-16)23-14-6-9-18(23)21(24)22(19)2/h3-14H,1-2H3. The van der Waals surface area contributed by atoms with Gasteiger partial charge in [-0.2, -0.15) is 0 Å². The maximum Gasteiger partial charge on any atom is 0.275 e. The summed E-state index contributed by atoms with van der Waals surface area (Å²) in [5.41, 5.74) is 5.98. The number of hydrogen-bond acceptors (Lipinski definition) is 1. The molecular formula is C21H18N2O. The first-order chi connectivity index (χ1) is 11.7. The van der Waals surface area contributed by atoms with Crippen LogP contribution in [-0.2, 0) is 7.05 Å². The molecule has 118 valence electrons. The molecule has 0 spiro atoms. The molecule has 0 unspecified atom stereocenters. The molecule has 4 rings (SSSR count). The molecule has 0 bridgehead atoms. The Morgan fingerprint density at radius 3 is 2.12 bits per heavy atom. The topological polar surface area (TPSA) is 26.4 Å². The summed E-state index contributed by atoms with van der Waals surface area (Å²) in [6.07, 6.45) is 1.96. The molecule has 2 aromatic carbocycles. The highest BCUT2D eigenvalue weighted by Crippen LogP contribution is 2.31. The van der Waals surface area contributed by atoms with E-state index in [1.807, 2.05) is 48.0 Å². The van der Waals surface area contributed by atoms with Crippen LogP contribution in [0, 0.1) is 6.92 Å². The minimum atomic E-state index is 0.00950. The van der Waals surface area contributed by atoms with E-state index in [4.69, 9.17) is 0 Å². The van der Waals surface area contributed by atoms with Crippen molar-refractivity contribution in [2.75, 3.05) is 0 Å². The number of benzene rings is 2. The third-order valence-corrected chi connectivity index (χ3v) is 4.45. The Bertz CT molecular complexity index is 1070. The van der Waals surface area contributed by atoms with Gasteiger partial charge in [0.25, 0.3) is 5.56 Å². The van der Waals surface area contributed by atoms with Crippen LogP contribution in [0.4, 0.5) is 0 Å². The van der Waals surface area contributed by atoms with E-state index < -0.39 is 0 Å². The zero-order chi connectivity index (χ0) is 16.7. The van der Waals surface area contributed by atoms with Crippen molar-refractivity contribution in [1.29, 1.82) is 0 Å². The highest BCUT2D eigenvalue weighted by molar-refractivity contribution is 5.81. The van der Waals surface area contributed by atoms with Gasteiger partial charge in [-0.05, 0) is 19.1 Å². The lowest BCUT2D eigenvalue weighted by Crippen LogP contribution is -2.22. The average molecular weight is 314 g/mol. The third kappa shape index (κ3) is 2.17. The minimum absolute atomic E-state index is 0.00950. The third-order valence-electron chi connectivity index (χ3n) is 4.45. The van der Waals surface area contributed by atoms with Crippen molar-refractivity contribution in [3.63, 3.8) is 0 Å². The first-order valence-corrected chi connectivity index (χ1v) is 7.99. The van der Waals surface area contributed by atoms with Crippen LogP contribution >= 0.6 is 0 Å². The molecule has 4 aromatic rings. The van der Waals surface area contributed by atoms with Gasteiger partial charge in [-0.15, -0.1) is 0 Å². The summed E-state index contributed by atoms with van der Waals surface area (Å²) in [4.78, 5) is 12.8. The molecule has 0 saturated carbocycles. The van der Waals surface area contributed by atoms with Crippen LogP contribution < -0.4 is 5.56 Å². The lowest BCUT2D eigenvalue weighted by Gasteiger charge is -2.17. The van der Waals surface area contributed by atoms with E-state index in [1.165, 1.54) is 5.56 Å². The van der Waals surface area contributed by atoms with Gasteiger partial charge < -0.3 is 8.97 Å². The predicted molar refractivity (Wildman–Crippen MR) is 98.2 cm³/mol. The Morgan fingerprint density at radius 2 is 1.42 bits per heavy atom. The molecule has 0 N–H and O–H groups in total. The van der Waals surface area contributed by atoms with E-state index in [-0.39, 0.29) is 5.56 Å². The van der Waals surface area contributed by atoms with Crippen LogP contribution in [0.3, 0.4) is 0 Å². The average Bonchev–Trinajstić information content (AvgIpc) is 3.09. The SMILES string of the molecule is Cc1ccc(-c2c(-c3ccccc3)n3cccc3c(=O)n2C)cc1. The monoisotopic (exact) mass is 314 g/mol.